The van der Waals surface area contributed by atoms with Gasteiger partial charge in [-0.15, -0.1) is 0 Å². The van der Waals surface area contributed by atoms with Crippen molar-refractivity contribution < 1.29 is 13.9 Å². The molecule has 1 fully saturated rings. The number of nitrogens with one attached hydrogen (secondary N) is 2. The first kappa shape index (κ1) is 16.1. The molecule has 1 aliphatic rings. The minimum atomic E-state index is -0.0665. The molecule has 2 heterocycles. The second-order valence-corrected chi connectivity index (χ2v) is 5.91. The molecule has 1 aliphatic heterocycles. The fourth-order valence-corrected chi connectivity index (χ4v) is 2.79. The highest BCUT2D eigenvalue weighted by Crippen LogP contribution is 2.29. The van der Waals surface area contributed by atoms with E-state index in [0.717, 1.165) is 17.7 Å². The Bertz CT molecular complexity index is 628. The van der Waals surface area contributed by atoms with Gasteiger partial charge >= 0.3 is 0 Å². The molecular weight excluding hydrogens is 316 g/mol. The predicted octanol–water partition coefficient (Wildman–Crippen LogP) is 2.67. The number of furan rings is 1. The molecule has 23 heavy (non-hydrogen) atoms. The lowest BCUT2D eigenvalue weighted by atomic mass is 10.0. The summed E-state index contributed by atoms with van der Waals surface area (Å²) in [5.41, 5.74) is 1.07. The van der Waals surface area contributed by atoms with E-state index in [-0.39, 0.29) is 24.6 Å². The second-order valence-electron chi connectivity index (χ2n) is 5.48. The van der Waals surface area contributed by atoms with Gasteiger partial charge in [0.05, 0.1) is 25.5 Å². The molecule has 122 valence electrons. The average Bonchev–Trinajstić information content (AvgIpc) is 3.23. The summed E-state index contributed by atoms with van der Waals surface area (Å²) in [6.07, 6.45) is 2.41. The third-order valence-corrected chi connectivity index (χ3v) is 4.11. The summed E-state index contributed by atoms with van der Waals surface area (Å²) >= 11 is 5.92. The third-order valence-electron chi connectivity index (χ3n) is 3.85. The minimum absolute atomic E-state index is 0.0508. The van der Waals surface area contributed by atoms with Crippen LogP contribution >= 0.6 is 11.6 Å². The number of ether oxygens (including phenoxy) is 1. The SMILES string of the molecule is O=C(CN[C@@H]1CCO[C@H]1c1ccc(Cl)cc1)NCc1ccco1. The Morgan fingerprint density at radius 2 is 2.09 bits per heavy atom. The summed E-state index contributed by atoms with van der Waals surface area (Å²) in [6, 6.07) is 11.4. The Morgan fingerprint density at radius 1 is 1.26 bits per heavy atom. The van der Waals surface area contributed by atoms with E-state index in [4.69, 9.17) is 20.8 Å². The van der Waals surface area contributed by atoms with E-state index in [9.17, 15) is 4.79 Å². The fourth-order valence-electron chi connectivity index (χ4n) is 2.66. The number of amides is 1. The number of hydrogen-bond donors (Lipinski definition) is 2. The molecule has 1 saturated heterocycles. The Balaban J connectivity index is 1.48. The van der Waals surface area contributed by atoms with Crippen molar-refractivity contribution in [2.75, 3.05) is 13.2 Å². The van der Waals surface area contributed by atoms with Gasteiger partial charge in [-0.25, -0.2) is 0 Å². The summed E-state index contributed by atoms with van der Waals surface area (Å²) in [7, 11) is 0. The van der Waals surface area contributed by atoms with E-state index in [0.29, 0.717) is 18.2 Å². The van der Waals surface area contributed by atoms with Crippen LogP contribution in [0.1, 0.15) is 23.8 Å². The van der Waals surface area contributed by atoms with Crippen molar-refractivity contribution >= 4 is 17.5 Å². The van der Waals surface area contributed by atoms with Crippen LogP contribution in [0.4, 0.5) is 0 Å². The summed E-state index contributed by atoms with van der Waals surface area (Å²) in [5, 5.41) is 6.79. The maximum Gasteiger partial charge on any atom is 0.234 e. The predicted molar refractivity (Wildman–Crippen MR) is 87.1 cm³/mol. The van der Waals surface area contributed by atoms with Gasteiger partial charge in [0.25, 0.3) is 0 Å². The normalized spacial score (nSPS) is 20.6. The average molecular weight is 335 g/mol. The van der Waals surface area contributed by atoms with Crippen LogP contribution in [0.25, 0.3) is 0 Å². The van der Waals surface area contributed by atoms with Gasteiger partial charge in [0, 0.05) is 17.7 Å². The van der Waals surface area contributed by atoms with Crippen LogP contribution in [-0.2, 0) is 16.1 Å². The first-order valence-corrected chi connectivity index (χ1v) is 8.00. The maximum atomic E-state index is 11.9. The van der Waals surface area contributed by atoms with E-state index < -0.39 is 0 Å². The van der Waals surface area contributed by atoms with Crippen LogP contribution < -0.4 is 10.6 Å². The number of carbonyl (C=O) groups is 1. The van der Waals surface area contributed by atoms with Crippen LogP contribution in [0.5, 0.6) is 0 Å². The number of rotatable bonds is 6. The topological polar surface area (TPSA) is 63.5 Å². The lowest BCUT2D eigenvalue weighted by Gasteiger charge is -2.20. The van der Waals surface area contributed by atoms with E-state index in [2.05, 4.69) is 10.6 Å². The summed E-state index contributed by atoms with van der Waals surface area (Å²) < 4.78 is 11.0. The van der Waals surface area contributed by atoms with Crippen LogP contribution in [0, 0.1) is 0 Å². The molecule has 1 aromatic heterocycles. The largest absolute Gasteiger partial charge is 0.467 e. The molecule has 0 aliphatic carbocycles. The summed E-state index contributed by atoms with van der Waals surface area (Å²) in [6.45, 7) is 1.33. The second kappa shape index (κ2) is 7.64. The molecule has 2 atom stereocenters. The Labute approximate surface area is 140 Å². The fraction of sp³-hybridized carbons (Fsp3) is 0.353. The molecule has 1 amide bonds. The molecule has 5 nitrogen and oxygen atoms in total. The van der Waals surface area contributed by atoms with Gasteiger partial charge in [0.15, 0.2) is 0 Å². The standard InChI is InChI=1S/C17H19ClN2O3/c18-13-5-3-12(4-6-13)17-15(7-9-23-17)19-11-16(21)20-10-14-2-1-8-22-14/h1-6,8,15,17,19H,7,9-11H2,(H,20,21)/t15-,17+/m1/s1. The van der Waals surface area contributed by atoms with Crippen molar-refractivity contribution in [1.29, 1.82) is 0 Å². The molecule has 0 bridgehead atoms. The lowest BCUT2D eigenvalue weighted by Crippen LogP contribution is -2.40. The first-order chi connectivity index (χ1) is 11.2. The van der Waals surface area contributed by atoms with Gasteiger partial charge in [-0.2, -0.15) is 0 Å². The molecule has 3 rings (SSSR count). The Hall–Kier alpha value is -1.82. The number of halogens is 1. The highest BCUT2D eigenvalue weighted by Gasteiger charge is 2.29. The smallest absolute Gasteiger partial charge is 0.234 e. The number of carbonyl (C=O) groups excluding carboxylic acids is 1. The highest BCUT2D eigenvalue weighted by molar-refractivity contribution is 6.30. The Morgan fingerprint density at radius 3 is 2.83 bits per heavy atom. The van der Waals surface area contributed by atoms with E-state index in [1.807, 2.05) is 30.3 Å². The summed E-state index contributed by atoms with van der Waals surface area (Å²) in [4.78, 5) is 11.9. The summed E-state index contributed by atoms with van der Waals surface area (Å²) in [5.74, 6) is 0.671. The van der Waals surface area contributed by atoms with E-state index in [1.54, 1.807) is 12.3 Å². The molecule has 2 aromatic rings. The molecule has 0 radical (unpaired) electrons. The van der Waals surface area contributed by atoms with Crippen molar-refractivity contribution in [3.63, 3.8) is 0 Å². The molecule has 0 spiro atoms. The highest BCUT2D eigenvalue weighted by atomic mass is 35.5. The van der Waals surface area contributed by atoms with E-state index >= 15 is 0 Å². The molecule has 0 saturated carbocycles. The number of benzene rings is 1. The maximum absolute atomic E-state index is 11.9. The van der Waals surface area contributed by atoms with Gasteiger partial charge in [-0.1, -0.05) is 23.7 Å². The van der Waals surface area contributed by atoms with Crippen molar-refractivity contribution in [2.24, 2.45) is 0 Å². The van der Waals surface area contributed by atoms with E-state index in [1.165, 1.54) is 0 Å². The zero-order chi connectivity index (χ0) is 16.1. The van der Waals surface area contributed by atoms with Crippen molar-refractivity contribution in [2.45, 2.75) is 25.1 Å². The lowest BCUT2D eigenvalue weighted by molar-refractivity contribution is -0.120. The van der Waals surface area contributed by atoms with Crippen LogP contribution in [0.3, 0.4) is 0 Å². The molecule has 2 N–H and O–H groups in total. The van der Waals surface area contributed by atoms with Crippen molar-refractivity contribution in [1.82, 2.24) is 10.6 Å². The number of hydrogen-bond acceptors (Lipinski definition) is 4. The van der Waals surface area contributed by atoms with Crippen LogP contribution in [-0.4, -0.2) is 25.1 Å². The third kappa shape index (κ3) is 4.34. The van der Waals surface area contributed by atoms with Gasteiger partial charge in [-0.3, -0.25) is 4.79 Å². The van der Waals surface area contributed by atoms with Crippen molar-refractivity contribution in [3.05, 3.63) is 59.0 Å². The monoisotopic (exact) mass is 334 g/mol. The van der Waals surface area contributed by atoms with Gasteiger partial charge in [-0.05, 0) is 36.2 Å². The first-order valence-electron chi connectivity index (χ1n) is 7.62. The zero-order valence-corrected chi connectivity index (χ0v) is 13.4. The molecule has 1 aromatic carbocycles. The van der Waals surface area contributed by atoms with Crippen LogP contribution in [0.15, 0.2) is 47.1 Å². The van der Waals surface area contributed by atoms with Gasteiger partial charge < -0.3 is 19.8 Å². The zero-order valence-electron chi connectivity index (χ0n) is 12.6. The minimum Gasteiger partial charge on any atom is -0.467 e. The van der Waals surface area contributed by atoms with Crippen LogP contribution in [0.2, 0.25) is 5.02 Å². The Kier molecular flexibility index (Phi) is 5.33. The van der Waals surface area contributed by atoms with Gasteiger partial charge in [0.2, 0.25) is 5.91 Å². The van der Waals surface area contributed by atoms with Gasteiger partial charge in [0.1, 0.15) is 5.76 Å². The van der Waals surface area contributed by atoms with Crippen molar-refractivity contribution in [3.8, 4) is 0 Å². The molecular formula is C17H19ClN2O3. The molecule has 6 heteroatoms. The quantitative estimate of drug-likeness (QED) is 0.852. The molecule has 0 unspecified atom stereocenters.